The Bertz CT molecular complexity index is 379. The Morgan fingerprint density at radius 2 is 2.29 bits per heavy atom. The summed E-state index contributed by atoms with van der Waals surface area (Å²) in [5.74, 6) is 2.38. The molecule has 2 aliphatic carbocycles. The van der Waals surface area contributed by atoms with Crippen molar-refractivity contribution < 1.29 is 0 Å². The van der Waals surface area contributed by atoms with E-state index in [2.05, 4.69) is 34.9 Å². The normalized spacial score (nSPS) is 27.7. The number of rotatable bonds is 6. The topological polar surface area (TPSA) is 29.9 Å². The van der Waals surface area contributed by atoms with Crippen molar-refractivity contribution in [2.75, 3.05) is 13.1 Å². The van der Waals surface area contributed by atoms with Crippen LogP contribution in [0.25, 0.3) is 0 Å². The average Bonchev–Trinajstić information content (AvgIpc) is 3.20. The molecule has 2 aliphatic rings. The van der Waals surface area contributed by atoms with Gasteiger partial charge in [0.1, 0.15) is 0 Å². The van der Waals surface area contributed by atoms with E-state index in [1.54, 1.807) is 0 Å². The summed E-state index contributed by atoms with van der Waals surface area (Å²) in [6, 6.07) is 0.775. The van der Waals surface area contributed by atoms with Crippen LogP contribution in [0.15, 0.2) is 12.5 Å². The molecule has 1 aromatic rings. The van der Waals surface area contributed by atoms with Crippen molar-refractivity contribution in [3.63, 3.8) is 0 Å². The van der Waals surface area contributed by atoms with Crippen molar-refractivity contribution in [3.05, 3.63) is 18.2 Å². The maximum absolute atomic E-state index is 4.33. The van der Waals surface area contributed by atoms with Gasteiger partial charge in [0.05, 0.1) is 6.33 Å². The Balaban J connectivity index is 1.51. The Morgan fingerprint density at radius 1 is 1.47 bits per heavy atom. The molecule has 1 N–H and O–H groups in total. The molecule has 0 bridgehead atoms. The molecule has 1 heterocycles. The zero-order valence-electron chi connectivity index (χ0n) is 10.9. The molecule has 0 aliphatic heterocycles. The highest BCUT2D eigenvalue weighted by atomic mass is 15.1. The third kappa shape index (κ3) is 2.54. The SMILES string of the molecule is CC(C)CNCC1CC1c1cncn1C1CC1. The molecule has 0 aromatic carbocycles. The Labute approximate surface area is 104 Å². The molecule has 3 nitrogen and oxygen atoms in total. The average molecular weight is 233 g/mol. The molecular formula is C14H23N3. The first-order valence-electron chi connectivity index (χ1n) is 6.98. The zero-order valence-corrected chi connectivity index (χ0v) is 10.9. The fourth-order valence-electron chi connectivity index (χ4n) is 2.65. The standard InChI is InChI=1S/C14H23N3/c1-10(2)6-15-7-11-5-13(11)14-8-16-9-17(14)12-3-4-12/h8-13,15H,3-7H2,1-2H3. The van der Waals surface area contributed by atoms with E-state index in [0.717, 1.165) is 30.3 Å². The van der Waals surface area contributed by atoms with Crippen LogP contribution in [-0.4, -0.2) is 22.6 Å². The molecule has 0 radical (unpaired) electrons. The van der Waals surface area contributed by atoms with Gasteiger partial charge in [0, 0.05) is 23.9 Å². The van der Waals surface area contributed by atoms with E-state index in [1.165, 1.54) is 31.5 Å². The molecule has 3 heteroatoms. The lowest BCUT2D eigenvalue weighted by atomic mass is 10.2. The molecule has 17 heavy (non-hydrogen) atoms. The van der Waals surface area contributed by atoms with Crippen molar-refractivity contribution in [2.45, 2.75) is 45.1 Å². The van der Waals surface area contributed by atoms with Crippen molar-refractivity contribution in [1.29, 1.82) is 0 Å². The Morgan fingerprint density at radius 3 is 3.00 bits per heavy atom. The third-order valence-electron chi connectivity index (χ3n) is 3.90. The molecular weight excluding hydrogens is 210 g/mol. The van der Waals surface area contributed by atoms with Crippen molar-refractivity contribution >= 4 is 0 Å². The summed E-state index contributed by atoms with van der Waals surface area (Å²) in [5.41, 5.74) is 1.49. The van der Waals surface area contributed by atoms with Gasteiger partial charge in [-0.25, -0.2) is 4.98 Å². The molecule has 2 fully saturated rings. The van der Waals surface area contributed by atoms with Crippen LogP contribution in [0.1, 0.15) is 50.8 Å². The quantitative estimate of drug-likeness (QED) is 0.818. The Kier molecular flexibility index (Phi) is 2.95. The molecule has 2 unspecified atom stereocenters. The maximum Gasteiger partial charge on any atom is 0.0950 e. The maximum atomic E-state index is 4.33. The van der Waals surface area contributed by atoms with Gasteiger partial charge in [-0.2, -0.15) is 0 Å². The van der Waals surface area contributed by atoms with E-state index in [4.69, 9.17) is 0 Å². The third-order valence-corrected chi connectivity index (χ3v) is 3.90. The fourth-order valence-corrected chi connectivity index (χ4v) is 2.65. The van der Waals surface area contributed by atoms with Crippen LogP contribution in [0.4, 0.5) is 0 Å². The van der Waals surface area contributed by atoms with Gasteiger partial charge in [-0.3, -0.25) is 0 Å². The molecule has 0 amide bonds. The van der Waals surface area contributed by atoms with Gasteiger partial charge >= 0.3 is 0 Å². The highest BCUT2D eigenvalue weighted by Crippen LogP contribution is 2.49. The lowest BCUT2D eigenvalue weighted by Crippen LogP contribution is -2.22. The summed E-state index contributed by atoms with van der Waals surface area (Å²) in [5, 5.41) is 3.57. The summed E-state index contributed by atoms with van der Waals surface area (Å²) < 4.78 is 2.42. The lowest BCUT2D eigenvalue weighted by Gasteiger charge is -2.08. The highest BCUT2D eigenvalue weighted by Gasteiger charge is 2.41. The van der Waals surface area contributed by atoms with Gasteiger partial charge in [-0.15, -0.1) is 0 Å². The molecule has 2 atom stereocenters. The van der Waals surface area contributed by atoms with E-state index < -0.39 is 0 Å². The van der Waals surface area contributed by atoms with E-state index in [-0.39, 0.29) is 0 Å². The van der Waals surface area contributed by atoms with Gasteiger partial charge in [0.25, 0.3) is 0 Å². The number of hydrogen-bond acceptors (Lipinski definition) is 2. The summed E-state index contributed by atoms with van der Waals surface area (Å²) >= 11 is 0. The first kappa shape index (κ1) is 11.3. The van der Waals surface area contributed by atoms with Crippen LogP contribution in [0.2, 0.25) is 0 Å². The second-order valence-electron chi connectivity index (χ2n) is 6.11. The monoisotopic (exact) mass is 233 g/mol. The van der Waals surface area contributed by atoms with Gasteiger partial charge in [0.2, 0.25) is 0 Å². The summed E-state index contributed by atoms with van der Waals surface area (Å²) in [6.07, 6.45) is 8.18. The van der Waals surface area contributed by atoms with Crippen molar-refractivity contribution in [3.8, 4) is 0 Å². The number of imidazole rings is 1. The van der Waals surface area contributed by atoms with Crippen LogP contribution in [0.3, 0.4) is 0 Å². The molecule has 3 rings (SSSR count). The number of hydrogen-bond donors (Lipinski definition) is 1. The van der Waals surface area contributed by atoms with Crippen molar-refractivity contribution in [2.24, 2.45) is 11.8 Å². The van der Waals surface area contributed by atoms with E-state index in [1.807, 2.05) is 6.33 Å². The summed E-state index contributed by atoms with van der Waals surface area (Å²) in [6.45, 7) is 6.85. The summed E-state index contributed by atoms with van der Waals surface area (Å²) in [4.78, 5) is 4.33. The van der Waals surface area contributed by atoms with E-state index in [9.17, 15) is 0 Å². The zero-order chi connectivity index (χ0) is 11.8. The second kappa shape index (κ2) is 4.45. The van der Waals surface area contributed by atoms with E-state index in [0.29, 0.717) is 0 Å². The first-order chi connectivity index (χ1) is 8.25. The minimum atomic E-state index is 0.754. The minimum Gasteiger partial charge on any atom is -0.331 e. The minimum absolute atomic E-state index is 0.754. The van der Waals surface area contributed by atoms with Crippen molar-refractivity contribution in [1.82, 2.24) is 14.9 Å². The van der Waals surface area contributed by atoms with Gasteiger partial charge in [-0.05, 0) is 44.2 Å². The fraction of sp³-hybridized carbons (Fsp3) is 0.786. The Hall–Kier alpha value is -0.830. The van der Waals surface area contributed by atoms with Crippen LogP contribution < -0.4 is 5.32 Å². The number of nitrogens with one attached hydrogen (secondary N) is 1. The first-order valence-corrected chi connectivity index (χ1v) is 6.98. The van der Waals surface area contributed by atoms with Gasteiger partial charge in [0.15, 0.2) is 0 Å². The molecule has 1 aromatic heterocycles. The largest absolute Gasteiger partial charge is 0.331 e. The molecule has 0 saturated heterocycles. The second-order valence-corrected chi connectivity index (χ2v) is 6.11. The van der Waals surface area contributed by atoms with Crippen LogP contribution in [0.5, 0.6) is 0 Å². The van der Waals surface area contributed by atoms with Gasteiger partial charge in [-0.1, -0.05) is 13.8 Å². The molecule has 2 saturated carbocycles. The van der Waals surface area contributed by atoms with E-state index >= 15 is 0 Å². The van der Waals surface area contributed by atoms with Crippen LogP contribution >= 0.6 is 0 Å². The smallest absolute Gasteiger partial charge is 0.0950 e. The summed E-state index contributed by atoms with van der Waals surface area (Å²) in [7, 11) is 0. The van der Waals surface area contributed by atoms with Gasteiger partial charge < -0.3 is 9.88 Å². The van der Waals surface area contributed by atoms with Crippen LogP contribution in [0, 0.1) is 11.8 Å². The predicted octanol–water partition coefficient (Wildman–Crippen LogP) is 2.57. The lowest BCUT2D eigenvalue weighted by molar-refractivity contribution is 0.530. The highest BCUT2D eigenvalue weighted by molar-refractivity contribution is 5.18. The molecule has 0 spiro atoms. The molecule has 94 valence electrons. The predicted molar refractivity (Wildman–Crippen MR) is 69.1 cm³/mol. The van der Waals surface area contributed by atoms with Crippen LogP contribution in [-0.2, 0) is 0 Å². The number of aromatic nitrogens is 2. The number of nitrogens with zero attached hydrogens (tertiary/aromatic N) is 2.